The molecule has 7 nitrogen and oxygen atoms in total. The van der Waals surface area contributed by atoms with Crippen LogP contribution in [0.5, 0.6) is 0 Å². The topological polar surface area (TPSA) is 90.3 Å². The normalized spacial score (nSPS) is 11.9. The minimum Gasteiger partial charge on any atom is -0.451 e. The molecule has 1 heterocycles. The Hall–Kier alpha value is -4.00. The van der Waals surface area contributed by atoms with Crippen LogP contribution in [0.25, 0.3) is 21.7 Å². The zero-order valence-electron chi connectivity index (χ0n) is 16.2. The summed E-state index contributed by atoms with van der Waals surface area (Å²) in [7, 11) is 0. The number of rotatable bonds is 5. The SMILES string of the molecule is C[C@H](OC(=O)Cn1cnc2ccccc2c1=O)C(=O)Nc1cccc2ccccc12. The van der Waals surface area contributed by atoms with Gasteiger partial charge in [-0.3, -0.25) is 19.0 Å². The van der Waals surface area contributed by atoms with Gasteiger partial charge in [0.05, 0.1) is 17.2 Å². The number of nitrogens with one attached hydrogen (secondary N) is 1. The predicted molar refractivity (Wildman–Crippen MR) is 114 cm³/mol. The second-order valence-electron chi connectivity index (χ2n) is 6.84. The molecule has 4 aromatic rings. The van der Waals surface area contributed by atoms with E-state index in [9.17, 15) is 14.4 Å². The van der Waals surface area contributed by atoms with Gasteiger partial charge in [0.2, 0.25) is 0 Å². The molecule has 0 aliphatic heterocycles. The Morgan fingerprint density at radius 3 is 2.53 bits per heavy atom. The Morgan fingerprint density at radius 1 is 1.00 bits per heavy atom. The van der Waals surface area contributed by atoms with E-state index in [1.165, 1.54) is 17.8 Å². The first kappa shape index (κ1) is 19.3. The Labute approximate surface area is 171 Å². The number of ether oxygens (including phenoxy) is 1. The largest absolute Gasteiger partial charge is 0.451 e. The molecular weight excluding hydrogens is 382 g/mol. The van der Waals surface area contributed by atoms with Gasteiger partial charge in [-0.2, -0.15) is 0 Å². The number of benzene rings is 3. The first-order chi connectivity index (χ1) is 14.5. The molecule has 3 aromatic carbocycles. The van der Waals surface area contributed by atoms with Gasteiger partial charge in [0, 0.05) is 11.1 Å². The molecule has 0 radical (unpaired) electrons. The number of para-hydroxylation sites is 1. The van der Waals surface area contributed by atoms with E-state index >= 15 is 0 Å². The van der Waals surface area contributed by atoms with Crippen molar-refractivity contribution in [3.8, 4) is 0 Å². The highest BCUT2D eigenvalue weighted by molar-refractivity contribution is 6.03. The smallest absolute Gasteiger partial charge is 0.326 e. The Balaban J connectivity index is 1.44. The lowest BCUT2D eigenvalue weighted by atomic mass is 10.1. The van der Waals surface area contributed by atoms with Crippen molar-refractivity contribution in [2.45, 2.75) is 19.6 Å². The van der Waals surface area contributed by atoms with Crippen molar-refractivity contribution in [3.05, 3.63) is 83.4 Å². The fraction of sp³-hybridized carbons (Fsp3) is 0.130. The van der Waals surface area contributed by atoms with Gasteiger partial charge in [-0.05, 0) is 30.5 Å². The second kappa shape index (κ2) is 8.16. The number of fused-ring (bicyclic) bond motifs is 2. The van der Waals surface area contributed by atoms with Crippen molar-refractivity contribution in [1.29, 1.82) is 0 Å². The summed E-state index contributed by atoms with van der Waals surface area (Å²) in [6.45, 7) is 1.16. The molecule has 7 heteroatoms. The van der Waals surface area contributed by atoms with E-state index < -0.39 is 18.0 Å². The van der Waals surface area contributed by atoms with E-state index in [-0.39, 0.29) is 12.1 Å². The van der Waals surface area contributed by atoms with Crippen molar-refractivity contribution in [1.82, 2.24) is 9.55 Å². The van der Waals surface area contributed by atoms with Gasteiger partial charge in [0.15, 0.2) is 6.10 Å². The molecule has 30 heavy (non-hydrogen) atoms. The van der Waals surface area contributed by atoms with Gasteiger partial charge in [0.1, 0.15) is 6.54 Å². The van der Waals surface area contributed by atoms with Crippen molar-refractivity contribution in [2.75, 3.05) is 5.32 Å². The van der Waals surface area contributed by atoms with Crippen molar-refractivity contribution in [3.63, 3.8) is 0 Å². The number of anilines is 1. The maximum atomic E-state index is 12.5. The van der Waals surface area contributed by atoms with Gasteiger partial charge in [-0.1, -0.05) is 48.5 Å². The standard InChI is InChI=1S/C23H19N3O4/c1-15(22(28)25-20-12-6-8-16-7-2-3-9-17(16)20)30-21(27)13-26-14-24-19-11-5-4-10-18(19)23(26)29/h2-12,14-15H,13H2,1H3,(H,25,28)/t15-/m0/s1. The van der Waals surface area contributed by atoms with Gasteiger partial charge in [-0.15, -0.1) is 0 Å². The fourth-order valence-corrected chi connectivity index (χ4v) is 3.21. The molecular formula is C23H19N3O4. The summed E-state index contributed by atoms with van der Waals surface area (Å²) in [5.41, 5.74) is 0.844. The van der Waals surface area contributed by atoms with Crippen LogP contribution in [0.3, 0.4) is 0 Å². The summed E-state index contributed by atoms with van der Waals surface area (Å²) in [4.78, 5) is 41.5. The van der Waals surface area contributed by atoms with Crippen LogP contribution in [-0.2, 0) is 20.9 Å². The summed E-state index contributed by atoms with van der Waals surface area (Å²) < 4.78 is 6.40. The molecule has 1 atom stereocenters. The number of esters is 1. The van der Waals surface area contributed by atoms with E-state index in [0.29, 0.717) is 16.6 Å². The van der Waals surface area contributed by atoms with E-state index in [1.807, 2.05) is 36.4 Å². The number of hydrogen-bond donors (Lipinski definition) is 1. The van der Waals surface area contributed by atoms with Crippen LogP contribution in [-0.4, -0.2) is 27.5 Å². The molecule has 4 rings (SSSR count). The number of carbonyl (C=O) groups excluding carboxylic acids is 2. The molecule has 0 saturated heterocycles. The van der Waals surface area contributed by atoms with E-state index in [0.717, 1.165) is 10.8 Å². The van der Waals surface area contributed by atoms with Crippen molar-refractivity contribution >= 4 is 39.2 Å². The van der Waals surface area contributed by atoms with Crippen LogP contribution in [0.2, 0.25) is 0 Å². The monoisotopic (exact) mass is 401 g/mol. The zero-order valence-corrected chi connectivity index (χ0v) is 16.2. The highest BCUT2D eigenvalue weighted by Crippen LogP contribution is 2.23. The zero-order chi connectivity index (χ0) is 21.1. The Kier molecular flexibility index (Phi) is 5.26. The first-order valence-corrected chi connectivity index (χ1v) is 9.45. The molecule has 1 N–H and O–H groups in total. The van der Waals surface area contributed by atoms with E-state index in [1.54, 1.807) is 30.3 Å². The molecule has 0 aliphatic rings. The third-order valence-corrected chi connectivity index (χ3v) is 4.76. The summed E-state index contributed by atoms with van der Waals surface area (Å²) in [6, 6.07) is 20.1. The van der Waals surface area contributed by atoms with Crippen molar-refractivity contribution < 1.29 is 14.3 Å². The predicted octanol–water partition coefficient (Wildman–Crippen LogP) is 3.12. The van der Waals surface area contributed by atoms with E-state index in [4.69, 9.17) is 4.74 Å². The molecule has 1 amide bonds. The van der Waals surface area contributed by atoms with Crippen molar-refractivity contribution in [2.24, 2.45) is 0 Å². The third kappa shape index (κ3) is 3.91. The molecule has 0 saturated carbocycles. The summed E-state index contributed by atoms with van der Waals surface area (Å²) in [6.07, 6.45) is 0.271. The maximum Gasteiger partial charge on any atom is 0.326 e. The lowest BCUT2D eigenvalue weighted by Crippen LogP contribution is -2.33. The lowest BCUT2D eigenvalue weighted by molar-refractivity contribution is -0.153. The second-order valence-corrected chi connectivity index (χ2v) is 6.84. The lowest BCUT2D eigenvalue weighted by Gasteiger charge is -2.15. The minimum absolute atomic E-state index is 0.331. The highest BCUT2D eigenvalue weighted by Gasteiger charge is 2.19. The molecule has 0 bridgehead atoms. The van der Waals surface area contributed by atoms with Gasteiger partial charge in [-0.25, -0.2) is 4.98 Å². The number of carbonyl (C=O) groups is 2. The summed E-state index contributed by atoms with van der Waals surface area (Å²) >= 11 is 0. The average molecular weight is 401 g/mol. The summed E-state index contributed by atoms with van der Waals surface area (Å²) in [5.74, 6) is -1.15. The van der Waals surface area contributed by atoms with Crippen LogP contribution in [0.4, 0.5) is 5.69 Å². The van der Waals surface area contributed by atoms with Crippen LogP contribution >= 0.6 is 0 Å². The van der Waals surface area contributed by atoms with Crippen LogP contribution in [0.15, 0.2) is 77.9 Å². The molecule has 0 unspecified atom stereocenters. The Bertz CT molecular complexity index is 1310. The molecule has 150 valence electrons. The number of hydrogen-bond acceptors (Lipinski definition) is 5. The van der Waals surface area contributed by atoms with Crippen LogP contribution in [0, 0.1) is 0 Å². The van der Waals surface area contributed by atoms with Gasteiger partial charge < -0.3 is 10.1 Å². The first-order valence-electron chi connectivity index (χ1n) is 9.45. The van der Waals surface area contributed by atoms with E-state index in [2.05, 4.69) is 10.3 Å². The quantitative estimate of drug-likeness (QED) is 0.519. The molecule has 1 aromatic heterocycles. The minimum atomic E-state index is -1.03. The van der Waals surface area contributed by atoms with Gasteiger partial charge in [0.25, 0.3) is 11.5 Å². The molecule has 0 spiro atoms. The third-order valence-electron chi connectivity index (χ3n) is 4.76. The maximum absolute atomic E-state index is 12.5. The molecule has 0 aliphatic carbocycles. The average Bonchev–Trinajstić information content (AvgIpc) is 2.76. The number of amides is 1. The van der Waals surface area contributed by atoms with Crippen LogP contribution < -0.4 is 10.9 Å². The van der Waals surface area contributed by atoms with Crippen LogP contribution in [0.1, 0.15) is 6.92 Å². The number of aromatic nitrogens is 2. The van der Waals surface area contributed by atoms with Gasteiger partial charge >= 0.3 is 5.97 Å². The number of nitrogens with zero attached hydrogens (tertiary/aromatic N) is 2. The Morgan fingerprint density at radius 2 is 1.70 bits per heavy atom. The molecule has 0 fully saturated rings. The fourth-order valence-electron chi connectivity index (χ4n) is 3.21. The highest BCUT2D eigenvalue weighted by atomic mass is 16.5. The summed E-state index contributed by atoms with van der Waals surface area (Å²) in [5, 5.41) is 5.08.